The number of aliphatic hydroxyl groups is 1. The topological polar surface area (TPSA) is 47.3 Å². The van der Waals surface area contributed by atoms with Crippen molar-refractivity contribution in [1.82, 2.24) is 9.55 Å². The van der Waals surface area contributed by atoms with Crippen molar-refractivity contribution in [2.45, 2.75) is 57.6 Å². The molecule has 150 valence electrons. The Morgan fingerprint density at radius 3 is 2.57 bits per heavy atom. The van der Waals surface area contributed by atoms with Gasteiger partial charge < -0.3 is 14.4 Å². The van der Waals surface area contributed by atoms with E-state index < -0.39 is 6.10 Å². The molecule has 1 aromatic heterocycles. The fraction of sp³-hybridized carbons (Fsp3) is 0.435. The first-order valence-electron chi connectivity index (χ1n) is 10.1. The lowest BCUT2D eigenvalue weighted by atomic mass is 9.85. The number of hydrogen-bond acceptors (Lipinski definition) is 3. The molecule has 0 spiro atoms. The zero-order valence-electron chi connectivity index (χ0n) is 16.4. The van der Waals surface area contributed by atoms with Gasteiger partial charge in [0.05, 0.1) is 17.6 Å². The number of benzene rings is 2. The number of ether oxygens (including phenoxy) is 1. The van der Waals surface area contributed by atoms with Crippen LogP contribution in [0.4, 0.5) is 0 Å². The third-order valence-electron chi connectivity index (χ3n) is 5.45. The molecule has 1 unspecified atom stereocenters. The van der Waals surface area contributed by atoms with Gasteiger partial charge >= 0.3 is 0 Å². The van der Waals surface area contributed by atoms with Gasteiger partial charge in [0.1, 0.15) is 24.3 Å². The van der Waals surface area contributed by atoms with Crippen LogP contribution in [0.3, 0.4) is 0 Å². The highest BCUT2D eigenvalue weighted by Crippen LogP contribution is 2.37. The predicted molar refractivity (Wildman–Crippen MR) is 116 cm³/mol. The third kappa shape index (κ3) is 4.50. The van der Waals surface area contributed by atoms with E-state index in [1.54, 1.807) is 0 Å². The van der Waals surface area contributed by atoms with Crippen LogP contribution in [-0.2, 0) is 13.0 Å². The van der Waals surface area contributed by atoms with Crippen molar-refractivity contribution in [3.05, 3.63) is 59.9 Å². The molecule has 0 saturated heterocycles. The lowest BCUT2D eigenvalue weighted by Crippen LogP contribution is -2.26. The Morgan fingerprint density at radius 2 is 1.89 bits per heavy atom. The Hall–Kier alpha value is -2.04. The van der Waals surface area contributed by atoms with Crippen LogP contribution >= 0.6 is 12.4 Å². The first-order chi connectivity index (χ1) is 13.2. The first-order valence-corrected chi connectivity index (χ1v) is 10.1. The Balaban J connectivity index is 0.00000225. The maximum Gasteiger partial charge on any atom is 0.119 e. The summed E-state index contributed by atoms with van der Waals surface area (Å²) in [5.74, 6) is 2.45. The average molecular weight is 401 g/mol. The molecule has 0 bridgehead atoms. The summed E-state index contributed by atoms with van der Waals surface area (Å²) < 4.78 is 8.01. The number of aliphatic hydroxyl groups excluding tert-OH is 1. The van der Waals surface area contributed by atoms with Gasteiger partial charge in [-0.1, -0.05) is 44.0 Å². The number of para-hydroxylation sites is 2. The maximum absolute atomic E-state index is 10.6. The van der Waals surface area contributed by atoms with E-state index in [4.69, 9.17) is 9.72 Å². The molecule has 1 N–H and O–H groups in total. The molecular weight excluding hydrogens is 372 g/mol. The fourth-order valence-corrected chi connectivity index (χ4v) is 3.76. The number of halogens is 1. The molecular formula is C23H29ClN2O2. The molecule has 4 nitrogen and oxygen atoms in total. The van der Waals surface area contributed by atoms with Crippen LogP contribution in [0.5, 0.6) is 5.75 Å². The summed E-state index contributed by atoms with van der Waals surface area (Å²) in [5.41, 5.74) is 3.43. The van der Waals surface area contributed by atoms with E-state index in [1.807, 2.05) is 24.3 Å². The Kier molecular flexibility index (Phi) is 6.97. The normalized spacial score (nSPS) is 15.1. The third-order valence-corrected chi connectivity index (χ3v) is 5.45. The summed E-state index contributed by atoms with van der Waals surface area (Å²) >= 11 is 0. The Morgan fingerprint density at radius 1 is 1.14 bits per heavy atom. The van der Waals surface area contributed by atoms with Crippen LogP contribution in [0.25, 0.3) is 11.0 Å². The highest BCUT2D eigenvalue weighted by Gasteiger charge is 2.26. The molecule has 0 radical (unpaired) electrons. The summed E-state index contributed by atoms with van der Waals surface area (Å²) in [7, 11) is 0. The average Bonchev–Trinajstić information content (AvgIpc) is 2.98. The van der Waals surface area contributed by atoms with Gasteiger partial charge in [0, 0.05) is 5.92 Å². The van der Waals surface area contributed by atoms with Crippen molar-refractivity contribution >= 4 is 23.4 Å². The minimum Gasteiger partial charge on any atom is -0.491 e. The lowest BCUT2D eigenvalue weighted by molar-refractivity contribution is 0.0919. The molecule has 1 atom stereocenters. The molecule has 1 aliphatic carbocycles. The molecule has 1 aliphatic rings. The van der Waals surface area contributed by atoms with E-state index in [1.165, 1.54) is 24.8 Å². The molecule has 1 saturated carbocycles. The summed E-state index contributed by atoms with van der Waals surface area (Å²) in [6, 6.07) is 16.4. The standard InChI is InChI=1S/C23H28N2O2.ClH/c1-2-6-17-11-13-20(14-12-17)27-16-19(26)15-25-22-10-4-3-9-21(22)24-23(25)18-7-5-8-18;/h3-4,9-14,18-19,26H,2,5-8,15-16H2,1H3;1H. The second kappa shape index (κ2) is 9.44. The van der Waals surface area contributed by atoms with E-state index in [0.29, 0.717) is 12.5 Å². The lowest BCUT2D eigenvalue weighted by Gasteiger charge is -2.26. The number of aryl methyl sites for hydroxylation is 1. The number of nitrogens with zero attached hydrogens (tertiary/aromatic N) is 2. The molecule has 3 aromatic rings. The zero-order valence-corrected chi connectivity index (χ0v) is 17.2. The maximum atomic E-state index is 10.6. The summed E-state index contributed by atoms with van der Waals surface area (Å²) in [4.78, 5) is 4.84. The number of rotatable bonds is 8. The van der Waals surface area contributed by atoms with Gasteiger partial charge in [-0.25, -0.2) is 4.98 Å². The van der Waals surface area contributed by atoms with E-state index in [9.17, 15) is 5.11 Å². The minimum absolute atomic E-state index is 0. The van der Waals surface area contributed by atoms with Crippen molar-refractivity contribution in [2.24, 2.45) is 0 Å². The fourth-order valence-electron chi connectivity index (χ4n) is 3.76. The van der Waals surface area contributed by atoms with Crippen molar-refractivity contribution in [2.75, 3.05) is 6.61 Å². The quantitative estimate of drug-likeness (QED) is 0.571. The van der Waals surface area contributed by atoms with Crippen LogP contribution < -0.4 is 4.74 Å². The van der Waals surface area contributed by atoms with Crippen LogP contribution in [0.15, 0.2) is 48.5 Å². The molecule has 5 heteroatoms. The van der Waals surface area contributed by atoms with Crippen molar-refractivity contribution in [1.29, 1.82) is 0 Å². The number of hydrogen-bond donors (Lipinski definition) is 1. The van der Waals surface area contributed by atoms with E-state index in [0.717, 1.165) is 35.4 Å². The van der Waals surface area contributed by atoms with Gasteiger partial charge in [-0.15, -0.1) is 12.4 Å². The van der Waals surface area contributed by atoms with Crippen LogP contribution in [-0.4, -0.2) is 27.4 Å². The smallest absolute Gasteiger partial charge is 0.119 e. The Labute approximate surface area is 173 Å². The Bertz CT molecular complexity index is 887. The molecule has 1 heterocycles. The highest BCUT2D eigenvalue weighted by atomic mass is 35.5. The van der Waals surface area contributed by atoms with Gasteiger partial charge in [0.2, 0.25) is 0 Å². The summed E-state index contributed by atoms with van der Waals surface area (Å²) in [6.45, 7) is 2.97. The van der Waals surface area contributed by atoms with Crippen LogP contribution in [0.2, 0.25) is 0 Å². The SMILES string of the molecule is CCCc1ccc(OCC(O)Cn2c(C3CCC3)nc3ccccc32)cc1.Cl. The molecule has 28 heavy (non-hydrogen) atoms. The van der Waals surface area contributed by atoms with E-state index >= 15 is 0 Å². The molecule has 0 aliphatic heterocycles. The number of fused-ring (bicyclic) bond motifs is 1. The first kappa shape index (κ1) is 20.7. The van der Waals surface area contributed by atoms with Gasteiger partial charge in [0.25, 0.3) is 0 Å². The highest BCUT2D eigenvalue weighted by molar-refractivity contribution is 5.85. The predicted octanol–water partition coefficient (Wildman–Crippen LogP) is 5.12. The second-order valence-electron chi connectivity index (χ2n) is 7.56. The van der Waals surface area contributed by atoms with Crippen LogP contribution in [0.1, 0.15) is 49.9 Å². The second-order valence-corrected chi connectivity index (χ2v) is 7.56. The van der Waals surface area contributed by atoms with Crippen molar-refractivity contribution < 1.29 is 9.84 Å². The molecule has 4 rings (SSSR count). The van der Waals surface area contributed by atoms with Crippen LogP contribution in [0, 0.1) is 0 Å². The molecule has 2 aromatic carbocycles. The minimum atomic E-state index is -0.572. The molecule has 0 amide bonds. The molecule has 1 fully saturated rings. The van der Waals surface area contributed by atoms with Gasteiger partial charge in [-0.3, -0.25) is 0 Å². The van der Waals surface area contributed by atoms with Gasteiger partial charge in [-0.05, 0) is 49.1 Å². The van der Waals surface area contributed by atoms with Crippen molar-refractivity contribution in [3.63, 3.8) is 0 Å². The summed E-state index contributed by atoms with van der Waals surface area (Å²) in [5, 5.41) is 10.6. The monoisotopic (exact) mass is 400 g/mol. The van der Waals surface area contributed by atoms with Gasteiger partial charge in [0.15, 0.2) is 0 Å². The summed E-state index contributed by atoms with van der Waals surface area (Å²) in [6.07, 6.45) is 5.31. The zero-order chi connectivity index (χ0) is 18.6. The van der Waals surface area contributed by atoms with Gasteiger partial charge in [-0.2, -0.15) is 0 Å². The number of aromatic nitrogens is 2. The van der Waals surface area contributed by atoms with E-state index in [2.05, 4.69) is 35.8 Å². The largest absolute Gasteiger partial charge is 0.491 e. The van der Waals surface area contributed by atoms with Crippen molar-refractivity contribution in [3.8, 4) is 5.75 Å². The number of imidazole rings is 1. The van der Waals surface area contributed by atoms with E-state index in [-0.39, 0.29) is 19.0 Å².